The molecule has 0 saturated carbocycles. The van der Waals surface area contributed by atoms with E-state index in [-0.39, 0.29) is 11.9 Å². The first-order valence-corrected chi connectivity index (χ1v) is 6.70. The Morgan fingerprint density at radius 1 is 1.61 bits per heavy atom. The molecule has 1 aromatic heterocycles. The minimum atomic E-state index is -0.685. The molecule has 2 N–H and O–H groups in total. The van der Waals surface area contributed by atoms with Gasteiger partial charge in [0.05, 0.1) is 7.11 Å². The topological polar surface area (TPSA) is 72.6 Å². The van der Waals surface area contributed by atoms with E-state index in [1.54, 1.807) is 0 Å². The van der Waals surface area contributed by atoms with Crippen molar-refractivity contribution in [2.24, 2.45) is 5.73 Å². The summed E-state index contributed by atoms with van der Waals surface area (Å²) in [4.78, 5) is 26.2. The smallest absolute Gasteiger partial charge is 0.328 e. The summed E-state index contributed by atoms with van der Waals surface area (Å²) in [7, 11) is 1.34. The summed E-state index contributed by atoms with van der Waals surface area (Å²) in [5.41, 5.74) is 5.93. The maximum Gasteiger partial charge on any atom is 0.328 e. The van der Waals surface area contributed by atoms with Gasteiger partial charge in [-0.1, -0.05) is 6.07 Å². The second-order valence-corrected chi connectivity index (χ2v) is 5.19. The second kappa shape index (κ2) is 5.49. The maximum absolute atomic E-state index is 12.3. The number of amides is 1. The van der Waals surface area contributed by atoms with Gasteiger partial charge in [0.25, 0.3) is 0 Å². The van der Waals surface area contributed by atoms with Crippen LogP contribution in [-0.2, 0) is 14.3 Å². The average Bonchev–Trinajstić information content (AvgIpc) is 3.06. The van der Waals surface area contributed by atoms with Crippen LogP contribution in [0.3, 0.4) is 0 Å². The Morgan fingerprint density at radius 3 is 3.00 bits per heavy atom. The molecular formula is C12H16N2O3S. The van der Waals surface area contributed by atoms with Crippen LogP contribution in [0.15, 0.2) is 17.5 Å². The monoisotopic (exact) mass is 268 g/mol. The van der Waals surface area contributed by atoms with E-state index >= 15 is 0 Å². The van der Waals surface area contributed by atoms with E-state index in [0.717, 1.165) is 11.3 Å². The van der Waals surface area contributed by atoms with E-state index in [2.05, 4.69) is 0 Å². The Hall–Kier alpha value is -1.40. The zero-order valence-electron chi connectivity index (χ0n) is 10.2. The van der Waals surface area contributed by atoms with E-state index < -0.39 is 12.1 Å². The molecule has 1 amide bonds. The van der Waals surface area contributed by atoms with Gasteiger partial charge in [-0.2, -0.15) is 0 Å². The summed E-state index contributed by atoms with van der Waals surface area (Å²) in [6, 6.07) is 2.52. The Morgan fingerprint density at radius 2 is 2.39 bits per heavy atom. The van der Waals surface area contributed by atoms with Crippen molar-refractivity contribution in [1.82, 2.24) is 4.90 Å². The number of methoxy groups -OCH3 is 1. The number of carbonyl (C=O) groups is 2. The number of nitrogens with zero attached hydrogens (tertiary/aromatic N) is 1. The number of hydrogen-bond donors (Lipinski definition) is 1. The summed E-state index contributed by atoms with van der Waals surface area (Å²) in [6.07, 6.45) is 1.46. The molecule has 2 atom stereocenters. The number of rotatable bonds is 3. The Labute approximate surface area is 110 Å². The van der Waals surface area contributed by atoms with Gasteiger partial charge in [-0.15, -0.1) is 11.3 Å². The number of hydrogen-bond acceptors (Lipinski definition) is 5. The van der Waals surface area contributed by atoms with E-state index in [1.165, 1.54) is 23.3 Å². The lowest BCUT2D eigenvalue weighted by Gasteiger charge is -2.25. The van der Waals surface area contributed by atoms with E-state index in [4.69, 9.17) is 10.5 Å². The summed E-state index contributed by atoms with van der Waals surface area (Å²) in [5.74, 6) is -0.565. The molecule has 2 unspecified atom stereocenters. The molecule has 1 aliphatic rings. The molecule has 0 radical (unpaired) electrons. The molecular weight excluding hydrogens is 252 g/mol. The van der Waals surface area contributed by atoms with Crippen LogP contribution in [0.5, 0.6) is 0 Å². The van der Waals surface area contributed by atoms with Crippen molar-refractivity contribution in [2.45, 2.75) is 24.9 Å². The number of carbonyl (C=O) groups excluding carboxylic acids is 2. The SMILES string of the molecule is COC(=O)C1CCCN1C(=O)C(N)c1cccs1. The summed E-state index contributed by atoms with van der Waals surface area (Å²) >= 11 is 1.44. The maximum atomic E-state index is 12.3. The second-order valence-electron chi connectivity index (χ2n) is 4.21. The molecule has 2 rings (SSSR count). The molecule has 18 heavy (non-hydrogen) atoms. The minimum absolute atomic E-state index is 0.203. The third-order valence-corrected chi connectivity index (χ3v) is 4.08. The Balaban J connectivity index is 2.11. The standard InChI is InChI=1S/C12H16N2O3S/c1-17-12(16)8-4-2-6-14(8)11(15)10(13)9-5-3-7-18-9/h3,5,7-8,10H,2,4,6,13H2,1H3. The molecule has 0 aromatic carbocycles. The molecule has 0 spiro atoms. The van der Waals surface area contributed by atoms with Crippen molar-refractivity contribution in [3.8, 4) is 0 Å². The van der Waals surface area contributed by atoms with Crippen LogP contribution in [0.4, 0.5) is 0 Å². The van der Waals surface area contributed by atoms with Crippen LogP contribution < -0.4 is 5.73 Å². The molecule has 1 aromatic rings. The van der Waals surface area contributed by atoms with Crippen LogP contribution in [0.1, 0.15) is 23.8 Å². The number of thiophene rings is 1. The molecule has 6 heteroatoms. The molecule has 1 saturated heterocycles. The summed E-state index contributed by atoms with van der Waals surface area (Å²) in [5, 5.41) is 1.88. The molecule has 0 bridgehead atoms. The predicted molar refractivity (Wildman–Crippen MR) is 68.0 cm³/mol. The van der Waals surface area contributed by atoms with Crippen LogP contribution in [-0.4, -0.2) is 36.5 Å². The highest BCUT2D eigenvalue weighted by Crippen LogP contribution is 2.24. The Bertz CT molecular complexity index is 433. The highest BCUT2D eigenvalue weighted by molar-refractivity contribution is 7.10. The van der Waals surface area contributed by atoms with Gasteiger partial charge in [0.15, 0.2) is 0 Å². The zero-order chi connectivity index (χ0) is 13.1. The lowest BCUT2D eigenvalue weighted by Crippen LogP contribution is -2.45. The van der Waals surface area contributed by atoms with E-state index in [9.17, 15) is 9.59 Å². The van der Waals surface area contributed by atoms with Crippen LogP contribution in [0.2, 0.25) is 0 Å². The highest BCUT2D eigenvalue weighted by Gasteiger charge is 2.37. The quantitative estimate of drug-likeness (QED) is 0.827. The minimum Gasteiger partial charge on any atom is -0.467 e. The van der Waals surface area contributed by atoms with Gasteiger partial charge in [-0.25, -0.2) is 4.79 Å². The molecule has 1 aliphatic heterocycles. The van der Waals surface area contributed by atoms with Gasteiger partial charge in [-0.05, 0) is 24.3 Å². The highest BCUT2D eigenvalue weighted by atomic mass is 32.1. The Kier molecular flexibility index (Phi) is 3.98. The summed E-state index contributed by atoms with van der Waals surface area (Å²) < 4.78 is 4.71. The third kappa shape index (κ3) is 2.39. The van der Waals surface area contributed by atoms with Crippen molar-refractivity contribution < 1.29 is 14.3 Å². The molecule has 5 nitrogen and oxygen atoms in total. The fraction of sp³-hybridized carbons (Fsp3) is 0.500. The number of nitrogens with two attached hydrogens (primary N) is 1. The zero-order valence-corrected chi connectivity index (χ0v) is 11.0. The van der Waals surface area contributed by atoms with Crippen molar-refractivity contribution in [2.75, 3.05) is 13.7 Å². The van der Waals surface area contributed by atoms with Crippen molar-refractivity contribution in [3.63, 3.8) is 0 Å². The lowest BCUT2D eigenvalue weighted by atomic mass is 10.2. The van der Waals surface area contributed by atoms with Gasteiger partial charge >= 0.3 is 5.97 Å². The lowest BCUT2D eigenvalue weighted by molar-refractivity contribution is -0.151. The molecule has 0 aliphatic carbocycles. The van der Waals surface area contributed by atoms with Gasteiger partial charge in [-0.3, -0.25) is 4.79 Å². The van der Waals surface area contributed by atoms with Gasteiger partial charge in [0.2, 0.25) is 5.91 Å². The normalized spacial score (nSPS) is 20.8. The molecule has 2 heterocycles. The van der Waals surface area contributed by atoms with Gasteiger partial charge < -0.3 is 15.4 Å². The van der Waals surface area contributed by atoms with Crippen LogP contribution in [0.25, 0.3) is 0 Å². The number of likely N-dealkylation sites (tertiary alicyclic amines) is 1. The van der Waals surface area contributed by atoms with E-state index in [0.29, 0.717) is 13.0 Å². The fourth-order valence-corrected chi connectivity index (χ4v) is 2.90. The van der Waals surface area contributed by atoms with Crippen molar-refractivity contribution in [3.05, 3.63) is 22.4 Å². The van der Waals surface area contributed by atoms with Crippen molar-refractivity contribution >= 4 is 23.2 Å². The molecule has 98 valence electrons. The molecule has 1 fully saturated rings. The van der Waals surface area contributed by atoms with Crippen LogP contribution >= 0.6 is 11.3 Å². The number of esters is 1. The first kappa shape index (κ1) is 13.0. The first-order chi connectivity index (χ1) is 8.65. The predicted octanol–water partition coefficient (Wildman–Crippen LogP) is 0.912. The van der Waals surface area contributed by atoms with Gasteiger partial charge in [0, 0.05) is 11.4 Å². The third-order valence-electron chi connectivity index (χ3n) is 3.12. The van der Waals surface area contributed by atoms with Crippen molar-refractivity contribution in [1.29, 1.82) is 0 Å². The van der Waals surface area contributed by atoms with Crippen LogP contribution in [0, 0.1) is 0 Å². The average molecular weight is 268 g/mol. The first-order valence-electron chi connectivity index (χ1n) is 5.82. The number of ether oxygens (including phenoxy) is 1. The summed E-state index contributed by atoms with van der Waals surface area (Å²) in [6.45, 7) is 0.567. The largest absolute Gasteiger partial charge is 0.467 e. The van der Waals surface area contributed by atoms with E-state index in [1.807, 2.05) is 17.5 Å². The fourth-order valence-electron chi connectivity index (χ4n) is 2.18. The van der Waals surface area contributed by atoms with Gasteiger partial charge in [0.1, 0.15) is 12.1 Å².